The number of nitrogens with zero attached hydrogens (tertiary/aromatic N) is 2. The van der Waals surface area contributed by atoms with Crippen molar-refractivity contribution >= 4 is 11.8 Å². The number of piperidine rings is 1. The van der Waals surface area contributed by atoms with E-state index in [9.17, 15) is 9.59 Å². The topological polar surface area (TPSA) is 49.9 Å². The van der Waals surface area contributed by atoms with Crippen LogP contribution >= 0.6 is 0 Å². The Balaban J connectivity index is 1.33. The van der Waals surface area contributed by atoms with Gasteiger partial charge in [0, 0.05) is 30.2 Å². The lowest BCUT2D eigenvalue weighted by Crippen LogP contribution is -2.49. The highest BCUT2D eigenvalue weighted by atomic mass is 16.5. The minimum Gasteiger partial charge on any atom is -0.484 e. The third-order valence-electron chi connectivity index (χ3n) is 6.90. The molecule has 5 heteroatoms. The first-order valence-corrected chi connectivity index (χ1v) is 11.9. The molecular formula is C27H34N2O3. The molecule has 2 aromatic carbocycles. The van der Waals surface area contributed by atoms with Gasteiger partial charge in [0.15, 0.2) is 6.61 Å². The van der Waals surface area contributed by atoms with Crippen LogP contribution in [-0.2, 0) is 11.2 Å². The van der Waals surface area contributed by atoms with E-state index in [1.165, 1.54) is 12.0 Å². The van der Waals surface area contributed by atoms with Gasteiger partial charge in [0.05, 0.1) is 0 Å². The molecule has 2 aliphatic rings. The zero-order chi connectivity index (χ0) is 22.5. The summed E-state index contributed by atoms with van der Waals surface area (Å²) in [7, 11) is 0. The number of ether oxygens (including phenoxy) is 1. The van der Waals surface area contributed by atoms with Crippen LogP contribution in [-0.4, -0.2) is 52.9 Å². The van der Waals surface area contributed by atoms with Gasteiger partial charge in [-0.05, 0) is 82.2 Å². The van der Waals surface area contributed by atoms with Gasteiger partial charge in [0.25, 0.3) is 11.8 Å². The third-order valence-corrected chi connectivity index (χ3v) is 6.90. The second-order valence-electron chi connectivity index (χ2n) is 9.23. The molecule has 0 aliphatic carbocycles. The molecule has 0 aromatic heterocycles. The molecule has 32 heavy (non-hydrogen) atoms. The van der Waals surface area contributed by atoms with Gasteiger partial charge in [-0.1, -0.05) is 30.3 Å². The molecule has 0 saturated carbocycles. The molecule has 4 rings (SSSR count). The van der Waals surface area contributed by atoms with Crippen LogP contribution in [0.15, 0.2) is 54.6 Å². The van der Waals surface area contributed by atoms with Gasteiger partial charge in [-0.15, -0.1) is 0 Å². The van der Waals surface area contributed by atoms with E-state index in [0.717, 1.165) is 38.6 Å². The molecule has 0 spiro atoms. The van der Waals surface area contributed by atoms with Gasteiger partial charge in [0.2, 0.25) is 0 Å². The summed E-state index contributed by atoms with van der Waals surface area (Å²) in [5, 5.41) is 0. The Morgan fingerprint density at radius 2 is 1.59 bits per heavy atom. The van der Waals surface area contributed by atoms with Crippen LogP contribution in [0.3, 0.4) is 0 Å². The van der Waals surface area contributed by atoms with Gasteiger partial charge < -0.3 is 14.5 Å². The number of hydrogen-bond acceptors (Lipinski definition) is 3. The first-order valence-electron chi connectivity index (χ1n) is 11.9. The first-order chi connectivity index (χ1) is 15.5. The second kappa shape index (κ2) is 10.2. The van der Waals surface area contributed by atoms with Crippen molar-refractivity contribution < 1.29 is 14.3 Å². The fourth-order valence-corrected chi connectivity index (χ4v) is 5.19. The molecule has 3 atom stereocenters. The number of likely N-dealkylation sites (tertiary alicyclic amines) is 2. The van der Waals surface area contributed by atoms with Crippen LogP contribution in [0.25, 0.3) is 0 Å². The number of amides is 2. The summed E-state index contributed by atoms with van der Waals surface area (Å²) in [5.74, 6) is 0.724. The number of benzene rings is 2. The summed E-state index contributed by atoms with van der Waals surface area (Å²) in [5.41, 5.74) is 1.94. The van der Waals surface area contributed by atoms with Crippen LogP contribution in [0.4, 0.5) is 0 Å². The molecule has 2 aromatic rings. The van der Waals surface area contributed by atoms with E-state index in [1.807, 2.05) is 40.1 Å². The molecular weight excluding hydrogens is 400 g/mol. The summed E-state index contributed by atoms with van der Waals surface area (Å²) < 4.78 is 5.76. The molecule has 2 heterocycles. The minimum atomic E-state index is 0.0330. The quantitative estimate of drug-likeness (QED) is 0.662. The smallest absolute Gasteiger partial charge is 0.260 e. The summed E-state index contributed by atoms with van der Waals surface area (Å²) >= 11 is 0. The molecule has 0 bridgehead atoms. The minimum absolute atomic E-state index is 0.0330. The van der Waals surface area contributed by atoms with Gasteiger partial charge >= 0.3 is 0 Å². The fraction of sp³-hybridized carbons (Fsp3) is 0.481. The van der Waals surface area contributed by atoms with Crippen LogP contribution in [0, 0.1) is 0 Å². The lowest BCUT2D eigenvalue weighted by atomic mass is 9.97. The summed E-state index contributed by atoms with van der Waals surface area (Å²) in [6, 6.07) is 18.4. The Morgan fingerprint density at radius 3 is 2.28 bits per heavy atom. The highest BCUT2D eigenvalue weighted by Gasteiger charge is 2.30. The van der Waals surface area contributed by atoms with Crippen molar-refractivity contribution in [2.75, 3.05) is 13.2 Å². The Bertz CT molecular complexity index is 902. The molecule has 0 N–H and O–H groups in total. The van der Waals surface area contributed by atoms with Crippen molar-refractivity contribution in [2.24, 2.45) is 0 Å². The van der Waals surface area contributed by atoms with Gasteiger partial charge in [-0.2, -0.15) is 0 Å². The maximum atomic E-state index is 13.1. The van der Waals surface area contributed by atoms with E-state index in [-0.39, 0.29) is 36.5 Å². The number of carbonyl (C=O) groups excluding carboxylic acids is 2. The number of rotatable bonds is 6. The van der Waals surface area contributed by atoms with E-state index in [2.05, 4.69) is 26.0 Å². The third kappa shape index (κ3) is 5.14. The predicted molar refractivity (Wildman–Crippen MR) is 126 cm³/mol. The summed E-state index contributed by atoms with van der Waals surface area (Å²) in [4.78, 5) is 29.8. The normalized spacial score (nSPS) is 23.2. The van der Waals surface area contributed by atoms with Crippen LogP contribution in [0.2, 0.25) is 0 Å². The van der Waals surface area contributed by atoms with E-state index < -0.39 is 0 Å². The Morgan fingerprint density at radius 1 is 0.906 bits per heavy atom. The van der Waals surface area contributed by atoms with Crippen molar-refractivity contribution in [1.29, 1.82) is 0 Å². The fourth-order valence-electron chi connectivity index (χ4n) is 5.19. The molecule has 2 saturated heterocycles. The largest absolute Gasteiger partial charge is 0.484 e. The number of hydrogen-bond donors (Lipinski definition) is 0. The molecule has 170 valence electrons. The summed E-state index contributed by atoms with van der Waals surface area (Å²) in [6.45, 7) is 5.05. The highest BCUT2D eigenvalue weighted by molar-refractivity contribution is 5.94. The van der Waals surface area contributed by atoms with Crippen LogP contribution in [0.1, 0.15) is 61.9 Å². The van der Waals surface area contributed by atoms with Gasteiger partial charge in [-0.25, -0.2) is 0 Å². The van der Waals surface area contributed by atoms with Crippen molar-refractivity contribution in [3.63, 3.8) is 0 Å². The molecule has 5 nitrogen and oxygen atoms in total. The van der Waals surface area contributed by atoms with E-state index in [1.54, 1.807) is 12.1 Å². The SMILES string of the molecule is CC1CCCC(C)N1C(=O)COc1ccc(C(=O)N2CCCC2Cc2ccccc2)cc1. The Labute approximate surface area is 191 Å². The van der Waals surface area contributed by atoms with Crippen molar-refractivity contribution in [2.45, 2.75) is 70.5 Å². The van der Waals surface area contributed by atoms with Crippen molar-refractivity contribution in [1.82, 2.24) is 9.80 Å². The van der Waals surface area contributed by atoms with Crippen molar-refractivity contribution in [3.05, 3.63) is 65.7 Å². The average molecular weight is 435 g/mol. The first kappa shape index (κ1) is 22.4. The molecule has 2 amide bonds. The van der Waals surface area contributed by atoms with Gasteiger partial charge in [-0.3, -0.25) is 9.59 Å². The molecule has 0 radical (unpaired) electrons. The van der Waals surface area contributed by atoms with Crippen LogP contribution in [0.5, 0.6) is 5.75 Å². The Kier molecular flexibility index (Phi) is 7.13. The standard InChI is InChI=1S/C27H34N2O3/c1-20-8-6-9-21(2)29(20)26(30)19-32-25-15-13-23(14-16-25)27(31)28-17-7-12-24(28)18-22-10-4-3-5-11-22/h3-5,10-11,13-16,20-21,24H,6-9,12,17-19H2,1-2H3. The highest BCUT2D eigenvalue weighted by Crippen LogP contribution is 2.25. The number of carbonyl (C=O) groups is 2. The monoisotopic (exact) mass is 434 g/mol. The van der Waals surface area contributed by atoms with E-state index in [0.29, 0.717) is 11.3 Å². The average Bonchev–Trinajstić information content (AvgIpc) is 3.26. The summed E-state index contributed by atoms with van der Waals surface area (Å²) in [6.07, 6.45) is 6.25. The Hall–Kier alpha value is -2.82. The van der Waals surface area contributed by atoms with E-state index >= 15 is 0 Å². The lowest BCUT2D eigenvalue weighted by molar-refractivity contribution is -0.139. The van der Waals surface area contributed by atoms with E-state index in [4.69, 9.17) is 4.74 Å². The molecule has 3 unspecified atom stereocenters. The lowest BCUT2D eigenvalue weighted by Gasteiger charge is -2.38. The zero-order valence-corrected chi connectivity index (χ0v) is 19.2. The maximum absolute atomic E-state index is 13.1. The zero-order valence-electron chi connectivity index (χ0n) is 19.2. The maximum Gasteiger partial charge on any atom is 0.260 e. The molecule has 2 fully saturated rings. The second-order valence-corrected chi connectivity index (χ2v) is 9.23. The van der Waals surface area contributed by atoms with Crippen molar-refractivity contribution in [3.8, 4) is 5.75 Å². The van der Waals surface area contributed by atoms with Gasteiger partial charge in [0.1, 0.15) is 5.75 Å². The molecule has 2 aliphatic heterocycles. The van der Waals surface area contributed by atoms with Crippen LogP contribution < -0.4 is 4.74 Å². The predicted octanol–water partition coefficient (Wildman–Crippen LogP) is 4.70.